The lowest BCUT2D eigenvalue weighted by Crippen LogP contribution is -2.24. The molecule has 98 valence electrons. The number of rotatable bonds is 2. The Labute approximate surface area is 115 Å². The largest absolute Gasteiger partial charge is 0.338 e. The second kappa shape index (κ2) is 5.41. The van der Waals surface area contributed by atoms with Gasteiger partial charge in [-0.15, -0.1) is 11.3 Å². The SMILES string of the molecule is N#Cc1ccc(-c2nc(N3CCCCCC3)no2)s1. The van der Waals surface area contributed by atoms with Crippen LogP contribution in [0.3, 0.4) is 0 Å². The van der Waals surface area contributed by atoms with E-state index in [9.17, 15) is 0 Å². The summed E-state index contributed by atoms with van der Waals surface area (Å²) in [7, 11) is 0. The summed E-state index contributed by atoms with van der Waals surface area (Å²) in [5, 5.41) is 12.9. The van der Waals surface area contributed by atoms with Crippen LogP contribution in [-0.4, -0.2) is 23.2 Å². The standard InChI is InChI=1S/C13H14N4OS/c14-9-10-5-6-11(19-10)12-15-13(16-18-12)17-7-3-1-2-4-8-17/h5-6H,1-4,7-8H2. The summed E-state index contributed by atoms with van der Waals surface area (Å²) in [5.74, 6) is 1.18. The summed E-state index contributed by atoms with van der Waals surface area (Å²) in [6.07, 6.45) is 4.91. The van der Waals surface area contributed by atoms with Gasteiger partial charge in [0, 0.05) is 13.1 Å². The van der Waals surface area contributed by atoms with E-state index in [1.165, 1.54) is 37.0 Å². The van der Waals surface area contributed by atoms with Crippen LogP contribution in [0.1, 0.15) is 30.6 Å². The molecule has 0 radical (unpaired) electrons. The van der Waals surface area contributed by atoms with Crippen molar-refractivity contribution in [1.82, 2.24) is 10.1 Å². The molecule has 1 fully saturated rings. The van der Waals surface area contributed by atoms with Gasteiger partial charge >= 0.3 is 0 Å². The van der Waals surface area contributed by atoms with Crippen LogP contribution < -0.4 is 4.90 Å². The molecule has 0 unspecified atom stereocenters. The van der Waals surface area contributed by atoms with E-state index in [0.29, 0.717) is 16.7 Å². The maximum Gasteiger partial charge on any atom is 0.269 e. The lowest BCUT2D eigenvalue weighted by Gasteiger charge is -2.16. The number of aromatic nitrogens is 2. The van der Waals surface area contributed by atoms with E-state index in [2.05, 4.69) is 21.1 Å². The molecule has 1 aliphatic rings. The average molecular weight is 274 g/mol. The summed E-state index contributed by atoms with van der Waals surface area (Å²) in [6.45, 7) is 1.99. The maximum atomic E-state index is 8.82. The summed E-state index contributed by atoms with van der Waals surface area (Å²) >= 11 is 1.37. The second-order valence-electron chi connectivity index (χ2n) is 4.58. The highest BCUT2D eigenvalue weighted by Crippen LogP contribution is 2.28. The van der Waals surface area contributed by atoms with E-state index >= 15 is 0 Å². The Bertz CT molecular complexity index is 590. The minimum atomic E-state index is 0.505. The van der Waals surface area contributed by atoms with Crippen molar-refractivity contribution in [2.75, 3.05) is 18.0 Å². The smallest absolute Gasteiger partial charge is 0.269 e. The lowest BCUT2D eigenvalue weighted by molar-refractivity contribution is 0.430. The first kappa shape index (κ1) is 12.2. The van der Waals surface area contributed by atoms with Gasteiger partial charge in [-0.1, -0.05) is 12.8 Å². The van der Waals surface area contributed by atoms with Crippen LogP contribution in [0, 0.1) is 11.3 Å². The van der Waals surface area contributed by atoms with Crippen molar-refractivity contribution in [3.63, 3.8) is 0 Å². The number of nitrogens with zero attached hydrogens (tertiary/aromatic N) is 4. The Morgan fingerprint density at radius 2 is 2.00 bits per heavy atom. The molecule has 5 nitrogen and oxygen atoms in total. The average Bonchev–Trinajstić information content (AvgIpc) is 3.02. The first-order valence-corrected chi connectivity index (χ1v) is 7.27. The van der Waals surface area contributed by atoms with Crippen LogP contribution in [0.4, 0.5) is 5.95 Å². The monoisotopic (exact) mass is 274 g/mol. The second-order valence-corrected chi connectivity index (χ2v) is 5.66. The maximum absolute atomic E-state index is 8.82. The van der Waals surface area contributed by atoms with E-state index < -0.39 is 0 Å². The zero-order valence-electron chi connectivity index (χ0n) is 10.5. The fourth-order valence-corrected chi connectivity index (χ4v) is 2.95. The summed E-state index contributed by atoms with van der Waals surface area (Å²) < 4.78 is 5.30. The molecule has 0 aromatic carbocycles. The van der Waals surface area contributed by atoms with Gasteiger partial charge in [0.2, 0.25) is 0 Å². The molecule has 0 N–H and O–H groups in total. The number of hydrogen-bond acceptors (Lipinski definition) is 6. The molecular weight excluding hydrogens is 260 g/mol. The first-order chi connectivity index (χ1) is 9.36. The molecule has 1 saturated heterocycles. The number of anilines is 1. The van der Waals surface area contributed by atoms with Gasteiger partial charge < -0.3 is 9.42 Å². The molecule has 1 aliphatic heterocycles. The molecule has 2 aromatic heterocycles. The summed E-state index contributed by atoms with van der Waals surface area (Å²) in [4.78, 5) is 8.13. The van der Waals surface area contributed by atoms with Crippen molar-refractivity contribution < 1.29 is 4.52 Å². The Hall–Kier alpha value is -1.87. The normalized spacial score (nSPS) is 16.1. The van der Waals surface area contributed by atoms with Crippen molar-refractivity contribution in [2.45, 2.75) is 25.7 Å². The number of hydrogen-bond donors (Lipinski definition) is 0. The van der Waals surface area contributed by atoms with Gasteiger partial charge in [0.15, 0.2) is 0 Å². The molecule has 2 aromatic rings. The Balaban J connectivity index is 1.80. The van der Waals surface area contributed by atoms with Crippen molar-refractivity contribution >= 4 is 17.3 Å². The Kier molecular flexibility index (Phi) is 3.47. The molecule has 0 aliphatic carbocycles. The highest BCUT2D eigenvalue weighted by molar-refractivity contribution is 7.15. The third-order valence-electron chi connectivity index (χ3n) is 3.23. The molecule has 0 bridgehead atoms. The van der Waals surface area contributed by atoms with Crippen molar-refractivity contribution in [1.29, 1.82) is 5.26 Å². The van der Waals surface area contributed by atoms with Crippen molar-refractivity contribution in [3.8, 4) is 16.8 Å². The van der Waals surface area contributed by atoms with E-state index in [4.69, 9.17) is 9.78 Å². The number of nitriles is 1. The minimum Gasteiger partial charge on any atom is -0.338 e. The van der Waals surface area contributed by atoms with Gasteiger partial charge in [-0.2, -0.15) is 10.2 Å². The van der Waals surface area contributed by atoms with Gasteiger partial charge in [-0.3, -0.25) is 0 Å². The van der Waals surface area contributed by atoms with E-state index in [-0.39, 0.29) is 0 Å². The van der Waals surface area contributed by atoms with E-state index in [1.54, 1.807) is 6.07 Å². The molecule has 0 spiro atoms. The highest BCUT2D eigenvalue weighted by Gasteiger charge is 2.17. The third kappa shape index (κ3) is 2.61. The van der Waals surface area contributed by atoms with Crippen LogP contribution >= 0.6 is 11.3 Å². The minimum absolute atomic E-state index is 0.505. The molecule has 3 rings (SSSR count). The van der Waals surface area contributed by atoms with Crippen LogP contribution in [0.5, 0.6) is 0 Å². The van der Waals surface area contributed by atoms with Gasteiger partial charge in [-0.05, 0) is 30.1 Å². The van der Waals surface area contributed by atoms with Crippen molar-refractivity contribution in [3.05, 3.63) is 17.0 Å². The molecule has 0 saturated carbocycles. The Morgan fingerprint density at radius 1 is 1.21 bits per heavy atom. The van der Waals surface area contributed by atoms with Crippen LogP contribution in [0.25, 0.3) is 10.8 Å². The number of thiophene rings is 1. The molecule has 6 heteroatoms. The fourth-order valence-electron chi connectivity index (χ4n) is 2.23. The van der Waals surface area contributed by atoms with Crippen LogP contribution in [0.2, 0.25) is 0 Å². The van der Waals surface area contributed by atoms with Crippen LogP contribution in [0.15, 0.2) is 16.7 Å². The molecule has 0 atom stereocenters. The van der Waals surface area contributed by atoms with Gasteiger partial charge in [-0.25, -0.2) is 0 Å². The predicted octanol–water partition coefficient (Wildman–Crippen LogP) is 3.05. The molecule has 3 heterocycles. The van der Waals surface area contributed by atoms with Gasteiger partial charge in [0.05, 0.1) is 4.88 Å². The molecular formula is C13H14N4OS. The van der Waals surface area contributed by atoms with E-state index in [0.717, 1.165) is 18.0 Å². The van der Waals surface area contributed by atoms with E-state index in [1.807, 2.05) is 6.07 Å². The Morgan fingerprint density at radius 3 is 2.68 bits per heavy atom. The lowest BCUT2D eigenvalue weighted by atomic mass is 10.2. The fraction of sp³-hybridized carbons (Fsp3) is 0.462. The topological polar surface area (TPSA) is 66.0 Å². The zero-order chi connectivity index (χ0) is 13.1. The first-order valence-electron chi connectivity index (χ1n) is 6.46. The molecule has 19 heavy (non-hydrogen) atoms. The van der Waals surface area contributed by atoms with Crippen LogP contribution in [-0.2, 0) is 0 Å². The van der Waals surface area contributed by atoms with Gasteiger partial charge in [0.25, 0.3) is 11.8 Å². The van der Waals surface area contributed by atoms with Gasteiger partial charge in [0.1, 0.15) is 10.9 Å². The third-order valence-corrected chi connectivity index (χ3v) is 4.21. The summed E-state index contributed by atoms with van der Waals surface area (Å²) in [6, 6.07) is 5.74. The predicted molar refractivity (Wildman–Crippen MR) is 73.0 cm³/mol. The van der Waals surface area contributed by atoms with Crippen molar-refractivity contribution in [2.24, 2.45) is 0 Å². The summed E-state index contributed by atoms with van der Waals surface area (Å²) in [5.41, 5.74) is 0. The molecule has 0 amide bonds. The quantitative estimate of drug-likeness (QED) is 0.842. The highest BCUT2D eigenvalue weighted by atomic mass is 32.1. The zero-order valence-corrected chi connectivity index (χ0v) is 11.3.